The third-order valence-electron chi connectivity index (χ3n) is 3.93. The van der Waals surface area contributed by atoms with Crippen LogP contribution in [-0.2, 0) is 4.74 Å². The quantitative estimate of drug-likeness (QED) is 0.750. The van der Waals surface area contributed by atoms with Crippen molar-refractivity contribution in [2.24, 2.45) is 0 Å². The zero-order valence-electron chi connectivity index (χ0n) is 12.8. The van der Waals surface area contributed by atoms with Crippen molar-refractivity contribution in [2.45, 2.75) is 24.9 Å². The van der Waals surface area contributed by atoms with Crippen molar-refractivity contribution in [2.75, 3.05) is 41.0 Å². The minimum Gasteiger partial charge on any atom is -0.496 e. The lowest BCUT2D eigenvalue weighted by Gasteiger charge is -2.28. The van der Waals surface area contributed by atoms with E-state index in [0.29, 0.717) is 0 Å². The molecular weight excluding hydrogens is 252 g/mol. The first-order valence-corrected chi connectivity index (χ1v) is 7.33. The molecular formula is C16H26N2O2. The summed E-state index contributed by atoms with van der Waals surface area (Å²) in [5.41, 5.74) is 1.22. The Morgan fingerprint density at radius 3 is 2.65 bits per heavy atom. The van der Waals surface area contributed by atoms with Crippen LogP contribution in [0.3, 0.4) is 0 Å². The number of benzene rings is 1. The molecule has 112 valence electrons. The van der Waals surface area contributed by atoms with E-state index in [9.17, 15) is 0 Å². The van der Waals surface area contributed by atoms with Crippen molar-refractivity contribution < 1.29 is 9.47 Å². The average Bonchev–Trinajstić information content (AvgIpc) is 3.32. The van der Waals surface area contributed by atoms with Crippen molar-refractivity contribution in [3.63, 3.8) is 0 Å². The van der Waals surface area contributed by atoms with Crippen molar-refractivity contribution in [1.82, 2.24) is 10.2 Å². The number of rotatable bonds is 9. The fourth-order valence-corrected chi connectivity index (χ4v) is 2.61. The summed E-state index contributed by atoms with van der Waals surface area (Å²) >= 11 is 0. The molecule has 0 radical (unpaired) electrons. The third-order valence-corrected chi connectivity index (χ3v) is 3.93. The van der Waals surface area contributed by atoms with E-state index in [4.69, 9.17) is 9.47 Å². The van der Waals surface area contributed by atoms with Crippen molar-refractivity contribution in [3.8, 4) is 5.75 Å². The number of methoxy groups -OCH3 is 2. The van der Waals surface area contributed by atoms with E-state index >= 15 is 0 Å². The Balaban J connectivity index is 2.06. The number of hydrogen-bond acceptors (Lipinski definition) is 4. The zero-order chi connectivity index (χ0) is 14.4. The highest BCUT2D eigenvalue weighted by Gasteiger charge is 2.30. The Morgan fingerprint density at radius 1 is 1.30 bits per heavy atom. The molecule has 0 aliphatic heterocycles. The van der Waals surface area contributed by atoms with Gasteiger partial charge in [0.1, 0.15) is 5.75 Å². The van der Waals surface area contributed by atoms with Gasteiger partial charge < -0.3 is 14.8 Å². The van der Waals surface area contributed by atoms with Crippen LogP contribution in [-0.4, -0.2) is 51.9 Å². The maximum Gasteiger partial charge on any atom is 0.123 e. The molecule has 1 aromatic carbocycles. The molecule has 1 N–H and O–H groups in total. The molecule has 1 saturated carbocycles. The largest absolute Gasteiger partial charge is 0.496 e. The maximum absolute atomic E-state index is 5.48. The van der Waals surface area contributed by atoms with Crippen LogP contribution in [0.4, 0.5) is 0 Å². The number of hydrogen-bond donors (Lipinski definition) is 1. The molecule has 0 spiro atoms. The molecule has 1 unspecified atom stereocenters. The van der Waals surface area contributed by atoms with Gasteiger partial charge >= 0.3 is 0 Å². The van der Waals surface area contributed by atoms with Crippen molar-refractivity contribution in [3.05, 3.63) is 29.8 Å². The molecule has 1 fully saturated rings. The van der Waals surface area contributed by atoms with Gasteiger partial charge in [-0.05, 0) is 26.0 Å². The van der Waals surface area contributed by atoms with Gasteiger partial charge in [-0.1, -0.05) is 18.2 Å². The SMILES string of the molecule is CNC(CN(CCOC)C1CC1)c1ccccc1OC. The lowest BCUT2D eigenvalue weighted by molar-refractivity contribution is 0.136. The third kappa shape index (κ3) is 3.95. The summed E-state index contributed by atoms with van der Waals surface area (Å²) in [6, 6.07) is 9.26. The van der Waals surface area contributed by atoms with Gasteiger partial charge in [-0.25, -0.2) is 0 Å². The summed E-state index contributed by atoms with van der Waals surface area (Å²) < 4.78 is 10.7. The van der Waals surface area contributed by atoms with E-state index in [0.717, 1.165) is 31.5 Å². The standard InChI is InChI=1S/C16H26N2O2/c1-17-15(14-6-4-5-7-16(14)20-3)12-18(10-11-19-2)13-8-9-13/h4-7,13,15,17H,8-12H2,1-3H3. The molecule has 2 rings (SSSR count). The lowest BCUT2D eigenvalue weighted by Crippen LogP contribution is -2.37. The summed E-state index contributed by atoms with van der Waals surface area (Å²) in [5.74, 6) is 0.953. The predicted octanol–water partition coefficient (Wildman–Crippen LogP) is 2.07. The van der Waals surface area contributed by atoms with E-state index in [1.807, 2.05) is 19.2 Å². The number of likely N-dealkylation sites (N-methyl/N-ethyl adjacent to an activating group) is 1. The maximum atomic E-state index is 5.48. The van der Waals surface area contributed by atoms with Crippen LogP contribution in [0.15, 0.2) is 24.3 Å². The van der Waals surface area contributed by atoms with Gasteiger partial charge in [0.2, 0.25) is 0 Å². The van der Waals surface area contributed by atoms with Gasteiger partial charge in [-0.3, -0.25) is 4.90 Å². The van der Waals surface area contributed by atoms with E-state index < -0.39 is 0 Å². The summed E-state index contributed by atoms with van der Waals surface area (Å²) in [6.45, 7) is 2.78. The molecule has 0 amide bonds. The monoisotopic (exact) mass is 278 g/mol. The number of para-hydroxylation sites is 1. The van der Waals surface area contributed by atoms with Crippen molar-refractivity contribution in [1.29, 1.82) is 0 Å². The molecule has 0 bridgehead atoms. The van der Waals surface area contributed by atoms with E-state index in [1.165, 1.54) is 18.4 Å². The minimum atomic E-state index is 0.281. The van der Waals surface area contributed by atoms with Crippen molar-refractivity contribution >= 4 is 0 Å². The number of nitrogens with one attached hydrogen (secondary N) is 1. The Kier molecular flexibility index (Phi) is 5.83. The Labute approximate surface area is 122 Å². The molecule has 4 heteroatoms. The van der Waals surface area contributed by atoms with Gasteiger partial charge in [0, 0.05) is 37.8 Å². The van der Waals surface area contributed by atoms with Crippen LogP contribution in [0.2, 0.25) is 0 Å². The molecule has 4 nitrogen and oxygen atoms in total. The van der Waals surface area contributed by atoms with Gasteiger partial charge in [0.25, 0.3) is 0 Å². The molecule has 0 heterocycles. The van der Waals surface area contributed by atoms with E-state index in [1.54, 1.807) is 14.2 Å². The number of nitrogens with zero attached hydrogens (tertiary/aromatic N) is 1. The van der Waals surface area contributed by atoms with Gasteiger partial charge in [0.15, 0.2) is 0 Å². The van der Waals surface area contributed by atoms with Crippen LogP contribution in [0, 0.1) is 0 Å². The van der Waals surface area contributed by atoms with Crippen LogP contribution >= 0.6 is 0 Å². The molecule has 0 aromatic heterocycles. The zero-order valence-corrected chi connectivity index (χ0v) is 12.8. The second-order valence-corrected chi connectivity index (χ2v) is 5.30. The topological polar surface area (TPSA) is 33.7 Å². The van der Waals surface area contributed by atoms with Gasteiger partial charge in [-0.15, -0.1) is 0 Å². The molecule has 1 aliphatic carbocycles. The number of ether oxygens (including phenoxy) is 2. The van der Waals surface area contributed by atoms with Gasteiger partial charge in [0.05, 0.1) is 13.7 Å². The average molecular weight is 278 g/mol. The smallest absolute Gasteiger partial charge is 0.123 e. The second-order valence-electron chi connectivity index (χ2n) is 5.30. The highest BCUT2D eigenvalue weighted by atomic mass is 16.5. The van der Waals surface area contributed by atoms with E-state index in [-0.39, 0.29) is 6.04 Å². The lowest BCUT2D eigenvalue weighted by atomic mass is 10.1. The normalized spacial score (nSPS) is 16.4. The highest BCUT2D eigenvalue weighted by Crippen LogP contribution is 2.30. The van der Waals surface area contributed by atoms with Crippen LogP contribution < -0.4 is 10.1 Å². The fourth-order valence-electron chi connectivity index (χ4n) is 2.61. The first-order valence-electron chi connectivity index (χ1n) is 7.33. The summed E-state index contributed by atoms with van der Waals surface area (Å²) in [4.78, 5) is 2.52. The van der Waals surface area contributed by atoms with Crippen LogP contribution in [0.25, 0.3) is 0 Å². The highest BCUT2D eigenvalue weighted by molar-refractivity contribution is 5.36. The van der Waals surface area contributed by atoms with Gasteiger partial charge in [-0.2, -0.15) is 0 Å². The Morgan fingerprint density at radius 2 is 2.05 bits per heavy atom. The fraction of sp³-hybridized carbons (Fsp3) is 0.625. The van der Waals surface area contributed by atoms with Crippen LogP contribution in [0.5, 0.6) is 5.75 Å². The molecule has 1 aliphatic rings. The molecule has 20 heavy (non-hydrogen) atoms. The summed E-state index contributed by atoms with van der Waals surface area (Å²) in [7, 11) is 5.51. The predicted molar refractivity (Wildman–Crippen MR) is 81.3 cm³/mol. The first kappa shape index (κ1) is 15.3. The Bertz CT molecular complexity index is 407. The molecule has 0 saturated heterocycles. The first-order chi connectivity index (χ1) is 9.80. The second kappa shape index (κ2) is 7.62. The molecule has 1 aromatic rings. The van der Waals surface area contributed by atoms with Crippen LogP contribution in [0.1, 0.15) is 24.4 Å². The summed E-state index contributed by atoms with van der Waals surface area (Å²) in [6.07, 6.45) is 2.62. The van der Waals surface area contributed by atoms with E-state index in [2.05, 4.69) is 22.3 Å². The Hall–Kier alpha value is -1.10. The molecule has 1 atom stereocenters. The summed E-state index contributed by atoms with van der Waals surface area (Å²) in [5, 5.41) is 3.42. The minimum absolute atomic E-state index is 0.281.